The van der Waals surface area contributed by atoms with Gasteiger partial charge in [-0.2, -0.15) is 10.1 Å². The van der Waals surface area contributed by atoms with E-state index in [9.17, 15) is 4.79 Å². The number of ether oxygens (including phenoxy) is 1. The normalized spacial score (nSPS) is 18.4. The molecule has 1 atom stereocenters. The van der Waals surface area contributed by atoms with E-state index in [1.807, 2.05) is 13.2 Å². The smallest absolute Gasteiger partial charge is 0.328 e. The zero-order chi connectivity index (χ0) is 21.5. The quantitative estimate of drug-likeness (QED) is 0.663. The van der Waals surface area contributed by atoms with Gasteiger partial charge in [-0.05, 0) is 25.5 Å². The third kappa shape index (κ3) is 3.52. The SMILES string of the molecule is COc1nc(NC(=O)N2CCc3c(N4CCN[C@H](C)C4)ccnc32)cc2cn(C)nc12. The maximum Gasteiger partial charge on any atom is 0.328 e. The van der Waals surface area contributed by atoms with Crippen molar-refractivity contribution in [1.82, 2.24) is 25.1 Å². The Bertz CT molecular complexity index is 1140. The molecule has 3 aromatic rings. The zero-order valence-corrected chi connectivity index (χ0v) is 17.9. The van der Waals surface area contributed by atoms with Crippen molar-refractivity contribution in [1.29, 1.82) is 0 Å². The number of hydrogen-bond acceptors (Lipinski definition) is 7. The molecule has 5 rings (SSSR count). The van der Waals surface area contributed by atoms with Gasteiger partial charge in [0.25, 0.3) is 0 Å². The third-order valence-corrected chi connectivity index (χ3v) is 5.81. The summed E-state index contributed by atoms with van der Waals surface area (Å²) >= 11 is 0. The predicted octanol–water partition coefficient (Wildman–Crippen LogP) is 1.76. The van der Waals surface area contributed by atoms with E-state index in [0.717, 1.165) is 42.8 Å². The first-order valence-electron chi connectivity index (χ1n) is 10.5. The highest BCUT2D eigenvalue weighted by Crippen LogP contribution is 2.34. The number of rotatable bonds is 3. The first kappa shape index (κ1) is 19.6. The Hall–Kier alpha value is -3.40. The summed E-state index contributed by atoms with van der Waals surface area (Å²) in [7, 11) is 3.38. The third-order valence-electron chi connectivity index (χ3n) is 5.81. The Balaban J connectivity index is 1.40. The molecular formula is C21H26N8O2. The fourth-order valence-corrected chi connectivity index (χ4v) is 4.42. The highest BCUT2D eigenvalue weighted by molar-refractivity contribution is 6.03. The summed E-state index contributed by atoms with van der Waals surface area (Å²) in [6, 6.07) is 4.03. The van der Waals surface area contributed by atoms with Crippen LogP contribution < -0.4 is 25.2 Å². The van der Waals surface area contributed by atoms with E-state index in [2.05, 4.69) is 43.6 Å². The van der Waals surface area contributed by atoms with Gasteiger partial charge in [-0.3, -0.25) is 14.9 Å². The van der Waals surface area contributed by atoms with Crippen molar-refractivity contribution < 1.29 is 9.53 Å². The number of anilines is 3. The van der Waals surface area contributed by atoms with Crippen LogP contribution in [-0.2, 0) is 13.5 Å². The minimum atomic E-state index is -0.255. The molecule has 0 spiro atoms. The summed E-state index contributed by atoms with van der Waals surface area (Å²) in [6.45, 7) is 5.61. The van der Waals surface area contributed by atoms with E-state index >= 15 is 0 Å². The number of amides is 2. The molecule has 1 fully saturated rings. The number of urea groups is 1. The zero-order valence-electron chi connectivity index (χ0n) is 17.9. The average Bonchev–Trinajstić information content (AvgIpc) is 3.35. The summed E-state index contributed by atoms with van der Waals surface area (Å²) in [5.74, 6) is 1.52. The van der Waals surface area contributed by atoms with E-state index in [1.54, 1.807) is 29.0 Å². The van der Waals surface area contributed by atoms with Crippen LogP contribution in [0.15, 0.2) is 24.5 Å². The Morgan fingerprint density at radius 3 is 3.03 bits per heavy atom. The second-order valence-electron chi connectivity index (χ2n) is 8.02. The molecule has 31 heavy (non-hydrogen) atoms. The van der Waals surface area contributed by atoms with Crippen molar-refractivity contribution in [2.24, 2.45) is 7.05 Å². The number of carbonyl (C=O) groups excluding carboxylic acids is 1. The monoisotopic (exact) mass is 422 g/mol. The number of pyridine rings is 2. The fraction of sp³-hybridized carbons (Fsp3) is 0.429. The van der Waals surface area contributed by atoms with E-state index < -0.39 is 0 Å². The van der Waals surface area contributed by atoms with Crippen LogP contribution in [0.4, 0.5) is 22.1 Å². The van der Waals surface area contributed by atoms with Crippen molar-refractivity contribution in [3.05, 3.63) is 30.1 Å². The van der Waals surface area contributed by atoms with Crippen LogP contribution in [-0.4, -0.2) is 65.1 Å². The molecule has 2 N–H and O–H groups in total. The number of hydrogen-bond donors (Lipinski definition) is 2. The molecule has 10 nitrogen and oxygen atoms in total. The minimum Gasteiger partial charge on any atom is -0.479 e. The molecule has 3 aromatic heterocycles. The van der Waals surface area contributed by atoms with Crippen LogP contribution in [0.2, 0.25) is 0 Å². The molecule has 0 radical (unpaired) electrons. The highest BCUT2D eigenvalue weighted by Gasteiger charge is 2.30. The van der Waals surface area contributed by atoms with Crippen molar-refractivity contribution in [3.63, 3.8) is 0 Å². The maximum atomic E-state index is 13.1. The first-order chi connectivity index (χ1) is 15.0. The number of nitrogens with zero attached hydrogens (tertiary/aromatic N) is 6. The molecule has 162 valence electrons. The lowest BCUT2D eigenvalue weighted by atomic mass is 10.1. The standard InChI is InChI=1S/C21H26N8O2/c1-13-11-28(9-7-22-13)16-4-6-23-19-15(16)5-8-29(19)21(30)25-17-10-14-12-27(2)26-18(14)20(24-17)31-3/h4,6,10,12-13,22H,5,7-9,11H2,1-3H3,(H,25,30)/t13-/m1/s1. The van der Waals surface area contributed by atoms with Crippen LogP contribution in [0.1, 0.15) is 12.5 Å². The Morgan fingerprint density at radius 2 is 2.23 bits per heavy atom. The van der Waals surface area contributed by atoms with Crippen LogP contribution in [0, 0.1) is 0 Å². The van der Waals surface area contributed by atoms with E-state index in [-0.39, 0.29) is 6.03 Å². The number of fused-ring (bicyclic) bond motifs is 2. The highest BCUT2D eigenvalue weighted by atomic mass is 16.5. The molecule has 0 bridgehead atoms. The molecule has 0 aromatic carbocycles. The number of piperazine rings is 1. The second-order valence-corrected chi connectivity index (χ2v) is 8.02. The molecule has 1 saturated heterocycles. The largest absolute Gasteiger partial charge is 0.479 e. The summed E-state index contributed by atoms with van der Waals surface area (Å²) < 4.78 is 7.06. The summed E-state index contributed by atoms with van der Waals surface area (Å²) in [6.07, 6.45) is 4.43. The molecule has 0 saturated carbocycles. The number of aryl methyl sites for hydroxylation is 1. The van der Waals surface area contributed by atoms with Gasteiger partial charge in [0, 0.05) is 68.3 Å². The van der Waals surface area contributed by atoms with Crippen molar-refractivity contribution in [2.75, 3.05) is 48.4 Å². The molecule has 0 unspecified atom stereocenters. The van der Waals surface area contributed by atoms with Crippen LogP contribution >= 0.6 is 0 Å². The van der Waals surface area contributed by atoms with Gasteiger partial charge in [-0.15, -0.1) is 0 Å². The summed E-state index contributed by atoms with van der Waals surface area (Å²) in [5.41, 5.74) is 2.95. The van der Waals surface area contributed by atoms with Gasteiger partial charge in [0.1, 0.15) is 11.6 Å². The molecule has 0 aliphatic carbocycles. The Labute approximate surface area is 180 Å². The molecular weight excluding hydrogens is 396 g/mol. The van der Waals surface area contributed by atoms with Gasteiger partial charge in [0.2, 0.25) is 5.88 Å². The van der Waals surface area contributed by atoms with Gasteiger partial charge < -0.3 is 15.0 Å². The van der Waals surface area contributed by atoms with E-state index in [1.165, 1.54) is 5.69 Å². The second kappa shape index (κ2) is 7.69. The van der Waals surface area contributed by atoms with E-state index in [0.29, 0.717) is 29.8 Å². The van der Waals surface area contributed by atoms with Gasteiger partial charge in [-0.25, -0.2) is 9.78 Å². The summed E-state index contributed by atoms with van der Waals surface area (Å²) in [4.78, 5) is 26.1. The Kier molecular flexibility index (Phi) is 4.85. The first-order valence-corrected chi connectivity index (χ1v) is 10.5. The lowest BCUT2D eigenvalue weighted by Gasteiger charge is -2.34. The lowest BCUT2D eigenvalue weighted by Crippen LogP contribution is -2.49. The molecule has 2 amide bonds. The van der Waals surface area contributed by atoms with Gasteiger partial charge in [0.05, 0.1) is 7.11 Å². The van der Waals surface area contributed by atoms with Gasteiger partial charge in [0.15, 0.2) is 5.52 Å². The van der Waals surface area contributed by atoms with Crippen LogP contribution in [0.3, 0.4) is 0 Å². The molecule has 5 heterocycles. The number of methoxy groups -OCH3 is 1. The number of carbonyl (C=O) groups is 1. The minimum absolute atomic E-state index is 0.255. The fourth-order valence-electron chi connectivity index (χ4n) is 4.42. The lowest BCUT2D eigenvalue weighted by molar-refractivity contribution is 0.257. The molecule has 10 heteroatoms. The van der Waals surface area contributed by atoms with Crippen molar-refractivity contribution in [3.8, 4) is 5.88 Å². The Morgan fingerprint density at radius 1 is 1.35 bits per heavy atom. The predicted molar refractivity (Wildman–Crippen MR) is 119 cm³/mol. The van der Waals surface area contributed by atoms with Gasteiger partial charge >= 0.3 is 6.03 Å². The van der Waals surface area contributed by atoms with Crippen molar-refractivity contribution in [2.45, 2.75) is 19.4 Å². The number of nitrogens with one attached hydrogen (secondary N) is 2. The van der Waals surface area contributed by atoms with Crippen LogP contribution in [0.25, 0.3) is 10.9 Å². The molecule has 2 aliphatic rings. The molecule has 2 aliphatic heterocycles. The maximum absolute atomic E-state index is 13.1. The van der Waals surface area contributed by atoms with Gasteiger partial charge in [-0.1, -0.05) is 0 Å². The topological polar surface area (TPSA) is 100 Å². The van der Waals surface area contributed by atoms with E-state index in [4.69, 9.17) is 4.74 Å². The number of aromatic nitrogens is 4. The average molecular weight is 422 g/mol. The summed E-state index contributed by atoms with van der Waals surface area (Å²) in [5, 5.41) is 11.6. The van der Waals surface area contributed by atoms with Crippen molar-refractivity contribution >= 4 is 34.3 Å². The van der Waals surface area contributed by atoms with Crippen LogP contribution in [0.5, 0.6) is 5.88 Å².